The number of aryl methyl sites for hydroxylation is 1. The van der Waals surface area contributed by atoms with Crippen molar-refractivity contribution in [3.05, 3.63) is 105 Å². The molecule has 0 fully saturated rings. The number of ether oxygens (including phenoxy) is 2. The lowest BCUT2D eigenvalue weighted by Gasteiger charge is -2.25. The summed E-state index contributed by atoms with van der Waals surface area (Å²) in [5, 5.41) is 0.479. The third-order valence-electron chi connectivity index (χ3n) is 6.02. The second-order valence-corrected chi connectivity index (χ2v) is 8.41. The van der Waals surface area contributed by atoms with E-state index < -0.39 is 6.04 Å². The van der Waals surface area contributed by atoms with Crippen molar-refractivity contribution in [2.45, 2.75) is 19.4 Å². The summed E-state index contributed by atoms with van der Waals surface area (Å²) in [5.74, 6) is 1.16. The van der Waals surface area contributed by atoms with Crippen molar-refractivity contribution in [1.29, 1.82) is 0 Å². The van der Waals surface area contributed by atoms with Crippen LogP contribution in [0.4, 0.5) is 0 Å². The molecule has 3 aromatic carbocycles. The first-order valence-corrected chi connectivity index (χ1v) is 11.3. The van der Waals surface area contributed by atoms with Crippen molar-refractivity contribution in [3.8, 4) is 11.5 Å². The Kier molecular flexibility index (Phi) is 5.90. The fourth-order valence-corrected chi connectivity index (χ4v) is 4.46. The van der Waals surface area contributed by atoms with Crippen LogP contribution in [0.25, 0.3) is 11.0 Å². The molecule has 0 N–H and O–H groups in total. The van der Waals surface area contributed by atoms with E-state index in [9.17, 15) is 9.59 Å². The van der Waals surface area contributed by atoms with Gasteiger partial charge in [-0.3, -0.25) is 9.59 Å². The summed E-state index contributed by atoms with van der Waals surface area (Å²) in [6.45, 7) is 2.86. The summed E-state index contributed by atoms with van der Waals surface area (Å²) in [6, 6.07) is 21.9. The highest BCUT2D eigenvalue weighted by Gasteiger charge is 2.42. The van der Waals surface area contributed by atoms with Crippen molar-refractivity contribution in [2.75, 3.05) is 20.3 Å². The van der Waals surface area contributed by atoms with Gasteiger partial charge >= 0.3 is 0 Å². The zero-order valence-corrected chi connectivity index (χ0v) is 19.1. The number of amides is 1. The van der Waals surface area contributed by atoms with Crippen molar-refractivity contribution in [2.24, 2.45) is 0 Å². The largest absolute Gasteiger partial charge is 0.457 e. The molecule has 1 aliphatic heterocycles. The van der Waals surface area contributed by atoms with Crippen LogP contribution in [-0.2, 0) is 4.74 Å². The lowest BCUT2D eigenvalue weighted by atomic mass is 9.98. The molecule has 0 saturated heterocycles. The highest BCUT2D eigenvalue weighted by molar-refractivity contribution is 5.99. The standard InChI is InChI=1S/C28H25NO5/c1-18-12-13-23-22(16-18)26(30)24-25(29(14-7-15-32-2)28(31)27(24)34-23)19-8-6-11-21(17-19)33-20-9-4-3-5-10-20/h3-6,8-13,16-17,25H,7,14-15H2,1-2H3. The van der Waals surface area contributed by atoms with Gasteiger partial charge in [-0.15, -0.1) is 0 Å². The average molecular weight is 456 g/mol. The van der Waals surface area contributed by atoms with E-state index in [1.165, 1.54) is 0 Å². The molecule has 5 rings (SSSR count). The first-order valence-electron chi connectivity index (χ1n) is 11.3. The lowest BCUT2D eigenvalue weighted by Crippen LogP contribution is -2.31. The second-order valence-electron chi connectivity index (χ2n) is 8.41. The molecule has 172 valence electrons. The van der Waals surface area contributed by atoms with Gasteiger partial charge in [0.25, 0.3) is 5.91 Å². The summed E-state index contributed by atoms with van der Waals surface area (Å²) in [5.41, 5.74) is 2.36. The van der Waals surface area contributed by atoms with Crippen LogP contribution in [0.15, 0.2) is 82.0 Å². The van der Waals surface area contributed by atoms with Crippen LogP contribution in [0.2, 0.25) is 0 Å². The third-order valence-corrected chi connectivity index (χ3v) is 6.02. The fraction of sp³-hybridized carbons (Fsp3) is 0.214. The third kappa shape index (κ3) is 3.97. The second kappa shape index (κ2) is 9.15. The number of rotatable bonds is 7. The Hall–Kier alpha value is -3.90. The van der Waals surface area contributed by atoms with Gasteiger partial charge in [0.2, 0.25) is 5.76 Å². The van der Waals surface area contributed by atoms with Crippen LogP contribution < -0.4 is 10.2 Å². The predicted molar refractivity (Wildman–Crippen MR) is 130 cm³/mol. The number of carbonyl (C=O) groups excluding carboxylic acids is 1. The monoisotopic (exact) mass is 455 g/mol. The molecule has 34 heavy (non-hydrogen) atoms. The number of hydrogen-bond donors (Lipinski definition) is 0. The number of hydrogen-bond acceptors (Lipinski definition) is 5. The van der Waals surface area contributed by atoms with E-state index >= 15 is 0 Å². The van der Waals surface area contributed by atoms with Crippen molar-refractivity contribution >= 4 is 16.9 Å². The Morgan fingerprint density at radius 1 is 0.941 bits per heavy atom. The molecule has 1 aliphatic rings. The van der Waals surface area contributed by atoms with E-state index in [4.69, 9.17) is 13.9 Å². The summed E-state index contributed by atoms with van der Waals surface area (Å²) in [4.78, 5) is 28.8. The topological polar surface area (TPSA) is 69.0 Å². The Bertz CT molecular complexity index is 1410. The Labute approximate surface area is 197 Å². The molecule has 0 radical (unpaired) electrons. The smallest absolute Gasteiger partial charge is 0.290 e. The first-order chi connectivity index (χ1) is 16.6. The molecule has 0 spiro atoms. The number of para-hydroxylation sites is 1. The molecule has 1 amide bonds. The van der Waals surface area contributed by atoms with Gasteiger partial charge in [-0.1, -0.05) is 42.0 Å². The van der Waals surface area contributed by atoms with Gasteiger partial charge in [0.15, 0.2) is 5.43 Å². The first kappa shape index (κ1) is 21.9. The maximum Gasteiger partial charge on any atom is 0.290 e. The minimum absolute atomic E-state index is 0.109. The minimum Gasteiger partial charge on any atom is -0.457 e. The van der Waals surface area contributed by atoms with Crippen LogP contribution in [-0.4, -0.2) is 31.1 Å². The van der Waals surface area contributed by atoms with Gasteiger partial charge < -0.3 is 18.8 Å². The number of methoxy groups -OCH3 is 1. The summed E-state index contributed by atoms with van der Waals surface area (Å²) >= 11 is 0. The van der Waals surface area contributed by atoms with Crippen LogP contribution in [0, 0.1) is 6.92 Å². The van der Waals surface area contributed by atoms with Crippen molar-refractivity contribution in [3.63, 3.8) is 0 Å². The van der Waals surface area contributed by atoms with E-state index in [-0.39, 0.29) is 17.1 Å². The predicted octanol–water partition coefficient (Wildman–Crippen LogP) is 5.48. The molecule has 6 heteroatoms. The molecule has 0 aliphatic carbocycles. The minimum atomic E-state index is -0.570. The molecule has 4 aromatic rings. The quantitative estimate of drug-likeness (QED) is 0.346. The van der Waals surface area contributed by atoms with E-state index in [0.29, 0.717) is 47.6 Å². The normalized spacial score (nSPS) is 15.1. The van der Waals surface area contributed by atoms with Crippen LogP contribution in [0.5, 0.6) is 11.5 Å². The van der Waals surface area contributed by atoms with Gasteiger partial charge in [-0.2, -0.15) is 0 Å². The Balaban J connectivity index is 1.63. The van der Waals surface area contributed by atoms with Gasteiger partial charge in [0.1, 0.15) is 17.1 Å². The van der Waals surface area contributed by atoms with Crippen LogP contribution in [0.1, 0.15) is 39.7 Å². The average Bonchev–Trinajstić information content (AvgIpc) is 3.12. The maximum atomic E-state index is 13.7. The molecule has 1 unspecified atom stereocenters. The molecular formula is C28H25NO5. The van der Waals surface area contributed by atoms with E-state index in [0.717, 1.165) is 11.1 Å². The van der Waals surface area contributed by atoms with Gasteiger partial charge in [0, 0.05) is 20.3 Å². The molecule has 6 nitrogen and oxygen atoms in total. The lowest BCUT2D eigenvalue weighted by molar-refractivity contribution is 0.0707. The molecule has 0 saturated carbocycles. The van der Waals surface area contributed by atoms with E-state index in [1.807, 2.05) is 73.7 Å². The Morgan fingerprint density at radius 3 is 2.53 bits per heavy atom. The van der Waals surface area contributed by atoms with E-state index in [1.54, 1.807) is 18.1 Å². The highest BCUT2D eigenvalue weighted by Crippen LogP contribution is 2.39. The number of benzene rings is 3. The number of fused-ring (bicyclic) bond motifs is 2. The van der Waals surface area contributed by atoms with Gasteiger partial charge in [-0.05, 0) is 55.3 Å². The highest BCUT2D eigenvalue weighted by atomic mass is 16.5. The number of nitrogens with zero attached hydrogens (tertiary/aromatic N) is 1. The SMILES string of the molecule is COCCCN1C(=O)c2oc3ccc(C)cc3c(=O)c2C1c1cccc(Oc2ccccc2)c1. The van der Waals surface area contributed by atoms with Crippen molar-refractivity contribution in [1.82, 2.24) is 4.90 Å². The fourth-order valence-electron chi connectivity index (χ4n) is 4.46. The summed E-state index contributed by atoms with van der Waals surface area (Å²) in [6.07, 6.45) is 0.639. The molecular weight excluding hydrogens is 430 g/mol. The van der Waals surface area contributed by atoms with Crippen molar-refractivity contribution < 1.29 is 18.7 Å². The molecule has 1 atom stereocenters. The number of carbonyl (C=O) groups is 1. The zero-order valence-electron chi connectivity index (χ0n) is 19.1. The van der Waals surface area contributed by atoms with Crippen LogP contribution >= 0.6 is 0 Å². The van der Waals surface area contributed by atoms with Crippen LogP contribution in [0.3, 0.4) is 0 Å². The molecule has 1 aromatic heterocycles. The summed E-state index contributed by atoms with van der Waals surface area (Å²) in [7, 11) is 1.63. The maximum absolute atomic E-state index is 13.7. The molecule has 0 bridgehead atoms. The summed E-state index contributed by atoms with van der Waals surface area (Å²) < 4.78 is 17.2. The Morgan fingerprint density at radius 2 is 1.74 bits per heavy atom. The zero-order chi connectivity index (χ0) is 23.7. The van der Waals surface area contributed by atoms with Gasteiger partial charge in [-0.25, -0.2) is 0 Å². The van der Waals surface area contributed by atoms with E-state index in [2.05, 4.69) is 0 Å². The molecule has 2 heterocycles. The van der Waals surface area contributed by atoms with Gasteiger partial charge in [0.05, 0.1) is 17.0 Å².